The second kappa shape index (κ2) is 7.94. The van der Waals surface area contributed by atoms with Crippen molar-refractivity contribution in [2.75, 3.05) is 24.7 Å². The van der Waals surface area contributed by atoms with Gasteiger partial charge in [-0.25, -0.2) is 9.59 Å². The first-order chi connectivity index (χ1) is 8.99. The smallest absolute Gasteiger partial charge is 0.331 e. The third-order valence-electron chi connectivity index (χ3n) is 1.53. The van der Waals surface area contributed by atoms with E-state index in [0.717, 1.165) is 0 Å². The third-order valence-corrected chi connectivity index (χ3v) is 2.89. The van der Waals surface area contributed by atoms with Crippen LogP contribution in [-0.2, 0) is 39.3 Å². The van der Waals surface area contributed by atoms with E-state index >= 15 is 0 Å². The van der Waals surface area contributed by atoms with Crippen molar-refractivity contribution < 1.29 is 45.0 Å². The lowest BCUT2D eigenvalue weighted by Crippen LogP contribution is -2.15. The van der Waals surface area contributed by atoms with Gasteiger partial charge in [0.1, 0.15) is 24.7 Å². The molecule has 0 saturated carbocycles. The van der Waals surface area contributed by atoms with Gasteiger partial charge in [0, 0.05) is 12.2 Å². The number of ether oxygens (including phenoxy) is 2. The van der Waals surface area contributed by atoms with E-state index in [9.17, 15) is 26.4 Å². The highest BCUT2D eigenvalue weighted by Gasteiger charge is 2.08. The second-order valence-electron chi connectivity index (χ2n) is 3.24. The Balaban J connectivity index is 3.98. The van der Waals surface area contributed by atoms with Crippen molar-refractivity contribution >= 4 is 32.2 Å². The summed E-state index contributed by atoms with van der Waals surface area (Å²) in [4.78, 5) is 21.9. The Hall–Kier alpha value is -1.50. The zero-order valence-corrected chi connectivity index (χ0v) is 11.6. The lowest BCUT2D eigenvalue weighted by atomic mass is 10.5. The molecule has 20 heavy (non-hydrogen) atoms. The van der Waals surface area contributed by atoms with E-state index in [1.165, 1.54) is 0 Å². The van der Waals surface area contributed by atoms with Crippen LogP contribution < -0.4 is 0 Å². The molecule has 0 amide bonds. The van der Waals surface area contributed by atoms with Gasteiger partial charge in [-0.05, 0) is 0 Å². The topological polar surface area (TPSA) is 161 Å². The fraction of sp³-hybridized carbons (Fsp3) is 0.500. The standard InChI is InChI=1S/C8H12O10S2/c9-7(17-3-5-19(11,12)13)1-2-8(10)18-4-6-20(14,15)16/h1-2H,3-6H2,(H,11,12,13)(H,14,15,16). The van der Waals surface area contributed by atoms with Crippen molar-refractivity contribution in [3.05, 3.63) is 12.2 Å². The molecule has 0 spiro atoms. The molecular formula is C8H12O10S2. The van der Waals surface area contributed by atoms with Gasteiger partial charge in [0.05, 0.1) is 0 Å². The maximum Gasteiger partial charge on any atom is 0.331 e. The van der Waals surface area contributed by atoms with Gasteiger partial charge in [-0.1, -0.05) is 0 Å². The molecule has 0 aliphatic carbocycles. The lowest BCUT2D eigenvalue weighted by Gasteiger charge is -2.00. The Bertz CT molecular complexity index is 518. The molecule has 116 valence electrons. The van der Waals surface area contributed by atoms with E-state index in [1.54, 1.807) is 0 Å². The Morgan fingerprint density at radius 2 is 1.10 bits per heavy atom. The molecule has 12 heteroatoms. The van der Waals surface area contributed by atoms with Crippen LogP contribution in [0.2, 0.25) is 0 Å². The molecule has 0 saturated heterocycles. The summed E-state index contributed by atoms with van der Waals surface area (Å²) in [6.07, 6.45) is 1.25. The van der Waals surface area contributed by atoms with Crippen LogP contribution in [0.4, 0.5) is 0 Å². The zero-order valence-electron chi connectivity index (χ0n) is 9.96. The average molecular weight is 332 g/mol. The summed E-state index contributed by atoms with van der Waals surface area (Å²) in [5, 5.41) is 0. The Labute approximate surface area is 114 Å². The third kappa shape index (κ3) is 12.9. The van der Waals surface area contributed by atoms with Crippen LogP contribution >= 0.6 is 0 Å². The molecule has 0 bridgehead atoms. The minimum atomic E-state index is -4.25. The van der Waals surface area contributed by atoms with Gasteiger partial charge in [0.15, 0.2) is 0 Å². The SMILES string of the molecule is O=C(C=CC(=O)OCCS(=O)(=O)O)OCCS(=O)(=O)O. The predicted molar refractivity (Wildman–Crippen MR) is 63.9 cm³/mol. The summed E-state index contributed by atoms with van der Waals surface area (Å²) in [5.41, 5.74) is 0. The number of esters is 2. The first-order valence-electron chi connectivity index (χ1n) is 4.91. The monoisotopic (exact) mass is 332 g/mol. The van der Waals surface area contributed by atoms with Crippen LogP contribution in [0.1, 0.15) is 0 Å². The second-order valence-corrected chi connectivity index (χ2v) is 6.38. The van der Waals surface area contributed by atoms with Crippen molar-refractivity contribution in [1.82, 2.24) is 0 Å². The first-order valence-corrected chi connectivity index (χ1v) is 8.13. The van der Waals surface area contributed by atoms with Crippen molar-refractivity contribution in [3.8, 4) is 0 Å². The molecule has 0 aromatic carbocycles. The predicted octanol–water partition coefficient (Wildman–Crippen LogP) is -1.60. The van der Waals surface area contributed by atoms with Crippen LogP contribution in [0.3, 0.4) is 0 Å². The molecule has 0 aromatic rings. The first kappa shape index (κ1) is 18.5. The van der Waals surface area contributed by atoms with Gasteiger partial charge < -0.3 is 9.47 Å². The Kier molecular flexibility index (Phi) is 7.34. The van der Waals surface area contributed by atoms with Crippen LogP contribution in [0, 0.1) is 0 Å². The van der Waals surface area contributed by atoms with Crippen LogP contribution in [-0.4, -0.2) is 62.6 Å². The Morgan fingerprint density at radius 1 is 0.800 bits per heavy atom. The summed E-state index contributed by atoms with van der Waals surface area (Å²) in [6.45, 7) is -1.19. The average Bonchev–Trinajstić information content (AvgIpc) is 2.22. The molecular weight excluding hydrogens is 320 g/mol. The quantitative estimate of drug-likeness (QED) is 0.301. The highest BCUT2D eigenvalue weighted by Crippen LogP contribution is 1.90. The number of carbonyl (C=O) groups is 2. The summed E-state index contributed by atoms with van der Waals surface area (Å²) in [5.74, 6) is -3.68. The summed E-state index contributed by atoms with van der Waals surface area (Å²) in [7, 11) is -8.50. The van der Waals surface area contributed by atoms with E-state index in [2.05, 4.69) is 9.47 Å². The molecule has 0 aliphatic rings. The molecule has 2 N–H and O–H groups in total. The minimum absolute atomic E-state index is 0.597. The zero-order chi connectivity index (χ0) is 15.8. The highest BCUT2D eigenvalue weighted by molar-refractivity contribution is 7.86. The minimum Gasteiger partial charge on any atom is -0.461 e. The largest absolute Gasteiger partial charge is 0.461 e. The van der Waals surface area contributed by atoms with Crippen molar-refractivity contribution in [3.63, 3.8) is 0 Å². The molecule has 0 fully saturated rings. The molecule has 0 aliphatic heterocycles. The highest BCUT2D eigenvalue weighted by atomic mass is 32.2. The number of rotatable bonds is 8. The van der Waals surface area contributed by atoms with Crippen LogP contribution in [0.25, 0.3) is 0 Å². The van der Waals surface area contributed by atoms with Gasteiger partial charge >= 0.3 is 11.9 Å². The molecule has 0 aromatic heterocycles. The van der Waals surface area contributed by atoms with E-state index < -0.39 is 56.9 Å². The molecule has 0 unspecified atom stereocenters. The Morgan fingerprint density at radius 3 is 1.35 bits per heavy atom. The van der Waals surface area contributed by atoms with Crippen LogP contribution in [0.5, 0.6) is 0 Å². The van der Waals surface area contributed by atoms with E-state index in [0.29, 0.717) is 12.2 Å². The molecule has 0 atom stereocenters. The van der Waals surface area contributed by atoms with Gasteiger partial charge in [-0.2, -0.15) is 16.8 Å². The fourth-order valence-electron chi connectivity index (χ4n) is 0.727. The van der Waals surface area contributed by atoms with Crippen molar-refractivity contribution in [2.24, 2.45) is 0 Å². The maximum absolute atomic E-state index is 10.9. The van der Waals surface area contributed by atoms with Gasteiger partial charge in [-0.3, -0.25) is 9.11 Å². The van der Waals surface area contributed by atoms with Crippen molar-refractivity contribution in [2.45, 2.75) is 0 Å². The number of carbonyl (C=O) groups excluding carboxylic acids is 2. The lowest BCUT2D eigenvalue weighted by molar-refractivity contribution is -0.139. The molecule has 0 rings (SSSR count). The van der Waals surface area contributed by atoms with Gasteiger partial charge in [0.2, 0.25) is 0 Å². The van der Waals surface area contributed by atoms with Crippen LogP contribution in [0.15, 0.2) is 12.2 Å². The molecule has 10 nitrogen and oxygen atoms in total. The molecule has 0 heterocycles. The fourth-order valence-corrected chi connectivity index (χ4v) is 1.32. The van der Waals surface area contributed by atoms with E-state index in [4.69, 9.17) is 9.11 Å². The summed E-state index contributed by atoms with van der Waals surface area (Å²) in [6, 6.07) is 0. The maximum atomic E-state index is 10.9. The van der Waals surface area contributed by atoms with Crippen molar-refractivity contribution in [1.29, 1.82) is 0 Å². The number of hydrogen-bond acceptors (Lipinski definition) is 8. The summed E-state index contributed by atoms with van der Waals surface area (Å²) >= 11 is 0. The number of hydrogen-bond donors (Lipinski definition) is 2. The van der Waals surface area contributed by atoms with E-state index in [-0.39, 0.29) is 0 Å². The van der Waals surface area contributed by atoms with Gasteiger partial charge in [0.25, 0.3) is 20.2 Å². The summed E-state index contributed by atoms with van der Waals surface area (Å²) < 4.78 is 66.4. The normalized spacial score (nSPS) is 12.3. The van der Waals surface area contributed by atoms with E-state index in [1.807, 2.05) is 0 Å². The van der Waals surface area contributed by atoms with Gasteiger partial charge in [-0.15, -0.1) is 0 Å². The molecule has 0 radical (unpaired) electrons.